The Morgan fingerprint density at radius 3 is 2.56 bits per heavy atom. The third kappa shape index (κ3) is 1.30. The Morgan fingerprint density at radius 1 is 1.56 bits per heavy atom. The average Bonchev–Trinajstić information content (AvgIpc) is 1.77. The number of carbonyl (C=O) groups excluding carboxylic acids is 1. The molecule has 6 heteroatoms. The van der Waals surface area contributed by atoms with Crippen molar-refractivity contribution in [3.63, 3.8) is 0 Å². The van der Waals surface area contributed by atoms with Gasteiger partial charge in [0, 0.05) is 0 Å². The summed E-state index contributed by atoms with van der Waals surface area (Å²) in [7, 11) is -4.04. The van der Waals surface area contributed by atoms with Crippen LogP contribution in [0.5, 0.6) is 0 Å². The van der Waals surface area contributed by atoms with Crippen molar-refractivity contribution in [1.29, 1.82) is 0 Å². The van der Waals surface area contributed by atoms with Crippen molar-refractivity contribution in [2.75, 3.05) is 13.2 Å². The molecule has 1 atom stereocenters. The van der Waals surface area contributed by atoms with Crippen LogP contribution in [0, 0.1) is 0 Å². The molecule has 0 amide bonds. The molecular weight excluding hydrogens is 147 g/mol. The van der Waals surface area contributed by atoms with Crippen molar-refractivity contribution in [1.82, 2.24) is 0 Å². The molecule has 1 saturated heterocycles. The maximum atomic E-state index is 10.4. The molecule has 0 aliphatic carbocycles. The van der Waals surface area contributed by atoms with E-state index in [1.165, 1.54) is 0 Å². The van der Waals surface area contributed by atoms with Crippen molar-refractivity contribution < 1.29 is 23.5 Å². The van der Waals surface area contributed by atoms with Gasteiger partial charge in [0.2, 0.25) is 0 Å². The van der Waals surface area contributed by atoms with Crippen molar-refractivity contribution in [2.45, 2.75) is 0 Å². The molecule has 1 fully saturated rings. The summed E-state index contributed by atoms with van der Waals surface area (Å²) >= 11 is 0. The van der Waals surface area contributed by atoms with E-state index in [-0.39, 0.29) is 13.2 Å². The molecule has 1 rings (SSSR count). The molecule has 1 heterocycles. The Morgan fingerprint density at radius 2 is 2.22 bits per heavy atom. The second kappa shape index (κ2) is 2.10. The molecule has 0 aromatic rings. The van der Waals surface area contributed by atoms with Gasteiger partial charge in [0.15, 0.2) is 0 Å². The van der Waals surface area contributed by atoms with Gasteiger partial charge in [0.1, 0.15) is 6.61 Å². The van der Waals surface area contributed by atoms with Crippen LogP contribution < -0.4 is 0 Å². The summed E-state index contributed by atoms with van der Waals surface area (Å²) in [5.74, 6) is 0. The summed E-state index contributed by atoms with van der Waals surface area (Å²) in [4.78, 5) is 18.8. The zero-order valence-corrected chi connectivity index (χ0v) is 5.34. The van der Waals surface area contributed by atoms with E-state index in [2.05, 4.69) is 9.26 Å². The van der Waals surface area contributed by atoms with Crippen LogP contribution in [0.1, 0.15) is 0 Å². The van der Waals surface area contributed by atoms with E-state index >= 15 is 0 Å². The summed E-state index contributed by atoms with van der Waals surface area (Å²) in [5, 5.41) is 0. The van der Waals surface area contributed by atoms with Crippen molar-refractivity contribution in [2.24, 2.45) is 0 Å². The molecule has 52 valence electrons. The summed E-state index contributed by atoms with van der Waals surface area (Å²) in [6.07, 6.45) is 0. The molecule has 0 spiro atoms. The molecule has 9 heavy (non-hydrogen) atoms. The first-order chi connectivity index (χ1) is 4.13. The zero-order valence-electron chi connectivity index (χ0n) is 4.44. The molecule has 0 saturated carbocycles. The van der Waals surface area contributed by atoms with E-state index in [0.717, 1.165) is 0 Å². The van der Waals surface area contributed by atoms with Crippen LogP contribution in [0.3, 0.4) is 0 Å². The molecule has 1 aliphatic heterocycles. The van der Waals surface area contributed by atoms with Crippen LogP contribution >= 0.6 is 7.60 Å². The predicted molar refractivity (Wildman–Crippen MR) is 27.1 cm³/mol. The van der Waals surface area contributed by atoms with Gasteiger partial charge in [-0.25, -0.2) is 9.36 Å². The lowest BCUT2D eigenvalue weighted by molar-refractivity contribution is 0.107. The second-order valence-electron chi connectivity index (χ2n) is 1.47. The smallest absolute Gasteiger partial charge is 0.435 e. The maximum Gasteiger partial charge on any atom is 0.435 e. The van der Waals surface area contributed by atoms with Gasteiger partial charge >= 0.3 is 13.3 Å². The monoisotopic (exact) mass is 152 g/mol. The van der Waals surface area contributed by atoms with Crippen LogP contribution in [0.15, 0.2) is 0 Å². The summed E-state index contributed by atoms with van der Waals surface area (Å²) in [6.45, 7) is 0.0584. The fraction of sp³-hybridized carbons (Fsp3) is 0.667. The topological polar surface area (TPSA) is 72.8 Å². The quantitative estimate of drug-likeness (QED) is 0.506. The van der Waals surface area contributed by atoms with E-state index in [9.17, 15) is 9.36 Å². The minimum atomic E-state index is -4.04. The normalized spacial score (nSPS) is 35.9. The number of ether oxygens (including phenoxy) is 1. The fourth-order valence-electron chi connectivity index (χ4n) is 0.424. The first-order valence-corrected chi connectivity index (χ1v) is 3.85. The maximum absolute atomic E-state index is 10.4. The van der Waals surface area contributed by atoms with E-state index < -0.39 is 13.3 Å². The van der Waals surface area contributed by atoms with Crippen LogP contribution in [-0.4, -0.2) is 23.8 Å². The van der Waals surface area contributed by atoms with Crippen molar-refractivity contribution >= 4 is 13.3 Å². The lowest BCUT2D eigenvalue weighted by atomic mass is 10.8. The number of cyclic esters (lactones) is 1. The van der Waals surface area contributed by atoms with Gasteiger partial charge < -0.3 is 9.63 Å². The van der Waals surface area contributed by atoms with Gasteiger partial charge in [0.25, 0.3) is 0 Å². The molecule has 0 aromatic heterocycles. The summed E-state index contributed by atoms with van der Waals surface area (Å²) in [5.41, 5.74) is -1.16. The van der Waals surface area contributed by atoms with E-state index in [4.69, 9.17) is 4.89 Å². The average molecular weight is 152 g/mol. The summed E-state index contributed by atoms with van der Waals surface area (Å²) < 4.78 is 18.9. The highest BCUT2D eigenvalue weighted by Crippen LogP contribution is 2.45. The number of hydrogen-bond acceptors (Lipinski definition) is 4. The van der Waals surface area contributed by atoms with Crippen LogP contribution in [-0.2, 0) is 13.8 Å². The second-order valence-corrected chi connectivity index (χ2v) is 3.13. The van der Waals surface area contributed by atoms with Gasteiger partial charge in [-0.2, -0.15) is 0 Å². The highest BCUT2D eigenvalue weighted by molar-refractivity contribution is 7.70. The molecule has 1 unspecified atom stereocenters. The number of carbonyl (C=O) groups is 1. The first kappa shape index (κ1) is 6.74. The fourth-order valence-corrected chi connectivity index (χ4v) is 1.11. The largest absolute Gasteiger partial charge is 0.454 e. The van der Waals surface area contributed by atoms with E-state index in [1.54, 1.807) is 0 Å². The minimum absolute atomic E-state index is 0.000478. The highest BCUT2D eigenvalue weighted by atomic mass is 31.2. The third-order valence-corrected chi connectivity index (χ3v) is 1.93. The minimum Gasteiger partial charge on any atom is -0.454 e. The predicted octanol–water partition coefficient (Wildman–Crippen LogP) is 0.339. The molecule has 1 aliphatic rings. The first-order valence-electron chi connectivity index (χ1n) is 2.27. The third-order valence-electron chi connectivity index (χ3n) is 0.806. The van der Waals surface area contributed by atoms with Gasteiger partial charge in [-0.15, -0.1) is 0 Å². The molecule has 1 N–H and O–H groups in total. The molecule has 0 radical (unpaired) electrons. The Hall–Kier alpha value is -0.380. The standard InChI is InChI=1S/C3H5O5P/c4-3-7-1-2-8-9(3,5)6/h1-2H2,(H,5,6). The van der Waals surface area contributed by atoms with E-state index in [1.807, 2.05) is 0 Å². The lowest BCUT2D eigenvalue weighted by Gasteiger charge is -2.15. The highest BCUT2D eigenvalue weighted by Gasteiger charge is 2.35. The zero-order chi connectivity index (χ0) is 6.91. The SMILES string of the molecule is O=C1OCCOP1(=O)O. The number of rotatable bonds is 0. The van der Waals surface area contributed by atoms with Crippen molar-refractivity contribution in [3.8, 4) is 0 Å². The van der Waals surface area contributed by atoms with E-state index in [0.29, 0.717) is 0 Å². The van der Waals surface area contributed by atoms with Crippen LogP contribution in [0.2, 0.25) is 0 Å². The molecular formula is C3H5O5P. The Bertz CT molecular complexity index is 175. The Labute approximate surface area is 51.1 Å². The van der Waals surface area contributed by atoms with Crippen molar-refractivity contribution in [3.05, 3.63) is 0 Å². The molecule has 0 aromatic carbocycles. The van der Waals surface area contributed by atoms with Gasteiger partial charge in [-0.3, -0.25) is 4.52 Å². The van der Waals surface area contributed by atoms with Crippen LogP contribution in [0.25, 0.3) is 0 Å². The van der Waals surface area contributed by atoms with Gasteiger partial charge in [-0.1, -0.05) is 0 Å². The molecule has 5 nitrogen and oxygen atoms in total. The Balaban J connectivity index is 2.72. The molecule has 0 bridgehead atoms. The summed E-state index contributed by atoms with van der Waals surface area (Å²) in [6, 6.07) is 0. The lowest BCUT2D eigenvalue weighted by Crippen LogP contribution is -2.17. The Kier molecular flexibility index (Phi) is 1.57. The van der Waals surface area contributed by atoms with Gasteiger partial charge in [-0.05, 0) is 0 Å². The van der Waals surface area contributed by atoms with Crippen LogP contribution in [0.4, 0.5) is 4.79 Å². The number of hydrogen-bond donors (Lipinski definition) is 1. The van der Waals surface area contributed by atoms with Gasteiger partial charge in [0.05, 0.1) is 6.61 Å².